The zero-order valence-electron chi connectivity index (χ0n) is 14.9. The van der Waals surface area contributed by atoms with Crippen LogP contribution in [0.2, 0.25) is 0 Å². The third-order valence-corrected chi connectivity index (χ3v) is 3.82. The van der Waals surface area contributed by atoms with Crippen LogP contribution >= 0.6 is 0 Å². The molecule has 0 saturated heterocycles. The van der Waals surface area contributed by atoms with E-state index in [1.54, 1.807) is 24.3 Å². The molecule has 0 aliphatic heterocycles. The Bertz CT molecular complexity index is 1040. The molecule has 2 N–H and O–H groups in total. The Balaban J connectivity index is 2.01. The van der Waals surface area contributed by atoms with Crippen LogP contribution in [0.5, 0.6) is 5.75 Å². The van der Waals surface area contributed by atoms with E-state index in [1.165, 1.54) is 19.2 Å². The van der Waals surface area contributed by atoms with E-state index in [-0.39, 0.29) is 17.3 Å². The predicted molar refractivity (Wildman–Crippen MR) is 99.7 cm³/mol. The molecule has 150 valence electrons. The minimum atomic E-state index is -4.65. The molecule has 11 heteroatoms. The number of rotatable bonds is 6. The van der Waals surface area contributed by atoms with E-state index in [1.807, 2.05) is 0 Å². The van der Waals surface area contributed by atoms with Crippen molar-refractivity contribution in [2.24, 2.45) is 0 Å². The lowest BCUT2D eigenvalue weighted by Gasteiger charge is -2.14. The Labute approximate surface area is 162 Å². The maximum Gasteiger partial charge on any atom is 0.418 e. The lowest BCUT2D eigenvalue weighted by atomic mass is 10.1. The smallest absolute Gasteiger partial charge is 0.418 e. The fourth-order valence-electron chi connectivity index (χ4n) is 2.54. The molecule has 1 heterocycles. The van der Waals surface area contributed by atoms with E-state index in [0.717, 1.165) is 18.5 Å². The first kappa shape index (κ1) is 19.9. The molecule has 29 heavy (non-hydrogen) atoms. The van der Waals surface area contributed by atoms with Crippen LogP contribution in [0.3, 0.4) is 0 Å². The molecule has 0 radical (unpaired) electrons. The summed E-state index contributed by atoms with van der Waals surface area (Å²) < 4.78 is 44.7. The molecule has 0 aliphatic carbocycles. The fraction of sp³-hybridized carbons (Fsp3) is 0.111. The van der Waals surface area contributed by atoms with E-state index in [4.69, 9.17) is 4.74 Å². The van der Waals surface area contributed by atoms with Crippen LogP contribution in [-0.4, -0.2) is 22.0 Å². The van der Waals surface area contributed by atoms with E-state index >= 15 is 0 Å². The first-order valence-electron chi connectivity index (χ1n) is 8.13. The van der Waals surface area contributed by atoms with Crippen molar-refractivity contribution in [3.8, 4) is 5.75 Å². The van der Waals surface area contributed by atoms with Crippen molar-refractivity contribution < 1.29 is 22.8 Å². The molecule has 0 unspecified atom stereocenters. The maximum atomic E-state index is 13.2. The average Bonchev–Trinajstić information content (AvgIpc) is 2.67. The largest absolute Gasteiger partial charge is 0.497 e. The summed E-state index contributed by atoms with van der Waals surface area (Å²) >= 11 is 0. The monoisotopic (exact) mass is 405 g/mol. The number of benzene rings is 2. The number of hydrogen-bond acceptors (Lipinski definition) is 7. The van der Waals surface area contributed by atoms with Gasteiger partial charge in [-0.2, -0.15) is 13.2 Å². The number of aromatic nitrogens is 2. The first-order chi connectivity index (χ1) is 13.8. The second kappa shape index (κ2) is 8.00. The molecule has 0 atom stereocenters. The van der Waals surface area contributed by atoms with E-state index in [0.29, 0.717) is 11.4 Å². The van der Waals surface area contributed by atoms with Gasteiger partial charge in [-0.15, -0.1) is 0 Å². The summed E-state index contributed by atoms with van der Waals surface area (Å²) in [5, 5.41) is 16.8. The van der Waals surface area contributed by atoms with Gasteiger partial charge in [0.15, 0.2) is 0 Å². The van der Waals surface area contributed by atoms with Gasteiger partial charge in [0.1, 0.15) is 12.1 Å². The quantitative estimate of drug-likeness (QED) is 0.444. The molecule has 0 bridgehead atoms. The van der Waals surface area contributed by atoms with Gasteiger partial charge in [0.05, 0.1) is 23.3 Å². The van der Waals surface area contributed by atoms with Crippen molar-refractivity contribution in [2.45, 2.75) is 6.18 Å². The SMILES string of the molecule is COc1cccc(Nc2ncnc(Nc3ccccc3C(F)(F)F)c2[N+](=O)[O-])c1. The van der Waals surface area contributed by atoms with Crippen LogP contribution in [-0.2, 0) is 6.18 Å². The summed E-state index contributed by atoms with van der Waals surface area (Å²) in [5.74, 6) is -0.0681. The van der Waals surface area contributed by atoms with Gasteiger partial charge in [-0.05, 0) is 24.3 Å². The van der Waals surface area contributed by atoms with Crippen molar-refractivity contribution >= 4 is 28.7 Å². The number of nitro groups is 1. The number of nitrogens with zero attached hydrogens (tertiary/aromatic N) is 3. The predicted octanol–water partition coefficient (Wildman–Crippen LogP) is 4.90. The summed E-state index contributed by atoms with van der Waals surface area (Å²) in [6, 6.07) is 11.2. The van der Waals surface area contributed by atoms with Crippen molar-refractivity contribution in [2.75, 3.05) is 17.7 Å². The highest BCUT2D eigenvalue weighted by atomic mass is 19.4. The molecular formula is C18H14F3N5O3. The van der Waals surface area contributed by atoms with Crippen LogP contribution in [0.1, 0.15) is 5.56 Å². The van der Waals surface area contributed by atoms with Gasteiger partial charge in [-0.25, -0.2) is 9.97 Å². The maximum absolute atomic E-state index is 13.2. The molecular weight excluding hydrogens is 391 g/mol. The molecule has 2 aromatic carbocycles. The molecule has 0 spiro atoms. The highest BCUT2D eigenvalue weighted by molar-refractivity contribution is 5.77. The zero-order valence-corrected chi connectivity index (χ0v) is 14.9. The Kier molecular flexibility index (Phi) is 5.48. The Morgan fingerprint density at radius 2 is 1.72 bits per heavy atom. The third-order valence-electron chi connectivity index (χ3n) is 3.82. The summed E-state index contributed by atoms with van der Waals surface area (Å²) in [5.41, 5.74) is -1.51. The van der Waals surface area contributed by atoms with Gasteiger partial charge in [0.25, 0.3) is 0 Å². The van der Waals surface area contributed by atoms with Crippen LogP contribution in [0, 0.1) is 10.1 Å². The Hall–Kier alpha value is -3.89. The van der Waals surface area contributed by atoms with Gasteiger partial charge < -0.3 is 15.4 Å². The zero-order chi connectivity index (χ0) is 21.0. The molecule has 0 saturated carbocycles. The van der Waals surface area contributed by atoms with Crippen LogP contribution < -0.4 is 15.4 Å². The summed E-state index contributed by atoms with van der Waals surface area (Å²) in [7, 11) is 1.46. The topological polar surface area (TPSA) is 102 Å². The second-order valence-corrected chi connectivity index (χ2v) is 5.70. The van der Waals surface area contributed by atoms with E-state index < -0.39 is 22.4 Å². The lowest BCUT2D eigenvalue weighted by molar-refractivity contribution is -0.383. The highest BCUT2D eigenvalue weighted by Crippen LogP contribution is 2.38. The van der Waals surface area contributed by atoms with E-state index in [9.17, 15) is 23.3 Å². The summed E-state index contributed by atoms with van der Waals surface area (Å²) in [6.45, 7) is 0. The summed E-state index contributed by atoms with van der Waals surface area (Å²) in [6.07, 6.45) is -3.64. The molecule has 0 amide bonds. The molecule has 8 nitrogen and oxygen atoms in total. The molecule has 0 aliphatic rings. The first-order valence-corrected chi connectivity index (χ1v) is 8.13. The highest BCUT2D eigenvalue weighted by Gasteiger charge is 2.34. The number of alkyl halides is 3. The number of ether oxygens (including phenoxy) is 1. The van der Waals surface area contributed by atoms with Gasteiger partial charge >= 0.3 is 11.9 Å². The average molecular weight is 405 g/mol. The van der Waals surface area contributed by atoms with Crippen LogP contribution in [0.15, 0.2) is 54.9 Å². The Morgan fingerprint density at radius 3 is 2.38 bits per heavy atom. The standard InChI is InChI=1S/C18H14F3N5O3/c1-29-12-6-4-5-11(9-12)24-16-15(26(27)28)17(23-10-22-16)25-14-8-3-2-7-13(14)18(19,20)21/h2-10H,1H3,(H2,22,23,24,25). The van der Waals surface area contributed by atoms with Crippen LogP contribution in [0.25, 0.3) is 0 Å². The minimum Gasteiger partial charge on any atom is -0.497 e. The number of anilines is 4. The van der Waals surface area contributed by atoms with Crippen molar-refractivity contribution in [1.29, 1.82) is 0 Å². The minimum absolute atomic E-state index is 0.190. The number of halogens is 3. The van der Waals surface area contributed by atoms with Gasteiger partial charge in [0.2, 0.25) is 11.6 Å². The van der Waals surface area contributed by atoms with E-state index in [2.05, 4.69) is 20.6 Å². The second-order valence-electron chi connectivity index (χ2n) is 5.70. The number of methoxy groups -OCH3 is 1. The normalized spacial score (nSPS) is 11.0. The van der Waals surface area contributed by atoms with Gasteiger partial charge in [-0.3, -0.25) is 10.1 Å². The number of para-hydroxylation sites is 1. The third kappa shape index (κ3) is 4.51. The molecule has 3 rings (SSSR count). The number of hydrogen-bond donors (Lipinski definition) is 2. The fourth-order valence-corrected chi connectivity index (χ4v) is 2.54. The van der Waals surface area contributed by atoms with Gasteiger partial charge in [0, 0.05) is 11.8 Å². The lowest BCUT2D eigenvalue weighted by Crippen LogP contribution is -2.10. The van der Waals surface area contributed by atoms with Crippen LogP contribution in [0.4, 0.5) is 41.9 Å². The van der Waals surface area contributed by atoms with Gasteiger partial charge in [-0.1, -0.05) is 18.2 Å². The molecule has 1 aromatic heterocycles. The van der Waals surface area contributed by atoms with Crippen molar-refractivity contribution in [3.63, 3.8) is 0 Å². The summed E-state index contributed by atoms with van der Waals surface area (Å²) in [4.78, 5) is 18.5. The molecule has 0 fully saturated rings. The number of nitrogens with one attached hydrogen (secondary N) is 2. The Morgan fingerprint density at radius 1 is 1.03 bits per heavy atom. The molecule has 3 aromatic rings. The van der Waals surface area contributed by atoms with Crippen molar-refractivity contribution in [1.82, 2.24) is 9.97 Å². The van der Waals surface area contributed by atoms with Crippen molar-refractivity contribution in [3.05, 3.63) is 70.5 Å².